The van der Waals surface area contributed by atoms with Gasteiger partial charge in [-0.3, -0.25) is 0 Å². The van der Waals surface area contributed by atoms with Gasteiger partial charge in [-0.15, -0.1) is 0 Å². The maximum Gasteiger partial charge on any atom is 0.416 e. The van der Waals surface area contributed by atoms with Gasteiger partial charge in [0.15, 0.2) is 0 Å². The van der Waals surface area contributed by atoms with Crippen LogP contribution in [-0.2, 0) is 25.9 Å². The van der Waals surface area contributed by atoms with E-state index in [1.165, 1.54) is 18.4 Å². The first-order valence-electron chi connectivity index (χ1n) is 11.7. The van der Waals surface area contributed by atoms with Crippen LogP contribution in [0.5, 0.6) is 5.75 Å². The number of ether oxygens (including phenoxy) is 1. The van der Waals surface area contributed by atoms with Crippen LogP contribution in [0.1, 0.15) is 40.5 Å². The van der Waals surface area contributed by atoms with Crippen LogP contribution in [0.2, 0.25) is 0 Å². The number of oxazole rings is 1. The molecule has 2 N–H and O–H groups in total. The fourth-order valence-corrected chi connectivity index (χ4v) is 3.67. The van der Waals surface area contributed by atoms with Crippen molar-refractivity contribution in [3.8, 4) is 5.75 Å². The number of imidazole rings is 1. The Labute approximate surface area is 212 Å². The summed E-state index contributed by atoms with van der Waals surface area (Å²) >= 11 is 0. The Morgan fingerprint density at radius 1 is 1.14 bits per heavy atom. The van der Waals surface area contributed by atoms with Crippen molar-refractivity contribution in [1.82, 2.24) is 14.5 Å². The highest BCUT2D eigenvalue weighted by Crippen LogP contribution is 2.29. The second kappa shape index (κ2) is 11.8. The Hall–Kier alpha value is -4.05. The van der Waals surface area contributed by atoms with Crippen LogP contribution in [-0.4, -0.2) is 26.2 Å². The van der Waals surface area contributed by atoms with Gasteiger partial charge in [0.1, 0.15) is 36.7 Å². The van der Waals surface area contributed by atoms with Crippen molar-refractivity contribution in [3.05, 3.63) is 95.2 Å². The summed E-state index contributed by atoms with van der Waals surface area (Å²) in [7, 11) is 0. The van der Waals surface area contributed by atoms with Crippen LogP contribution in [0.25, 0.3) is 12.2 Å². The number of hydrogen-bond donors (Lipinski definition) is 2. The van der Waals surface area contributed by atoms with E-state index in [1.807, 2.05) is 35.9 Å². The summed E-state index contributed by atoms with van der Waals surface area (Å²) < 4.78 is 51.2. The molecule has 2 heterocycles. The van der Waals surface area contributed by atoms with E-state index in [0.29, 0.717) is 28.7 Å². The lowest BCUT2D eigenvalue weighted by Gasteiger charge is -2.12. The molecule has 194 valence electrons. The number of aliphatic hydroxyl groups excluding tert-OH is 1. The molecule has 2 aromatic heterocycles. The molecule has 0 aliphatic carbocycles. The van der Waals surface area contributed by atoms with Gasteiger partial charge in [0.25, 0.3) is 0 Å². The quantitative estimate of drug-likeness (QED) is 0.242. The van der Waals surface area contributed by atoms with E-state index in [9.17, 15) is 18.3 Å². The first-order valence-corrected chi connectivity index (χ1v) is 11.7. The Morgan fingerprint density at radius 3 is 2.68 bits per heavy atom. The SMILES string of the molecule is Cc1cc(OCc2coc(/C=C/c3ccc(C(F)(F)F)cc3)n2)ccc1NCCCn1ccnc1CO. The van der Waals surface area contributed by atoms with Gasteiger partial charge in [0, 0.05) is 37.2 Å². The zero-order valence-electron chi connectivity index (χ0n) is 20.2. The number of alkyl halides is 3. The normalized spacial score (nSPS) is 11.8. The van der Waals surface area contributed by atoms with Crippen molar-refractivity contribution in [2.24, 2.45) is 0 Å². The standard InChI is InChI=1S/C27H27F3N4O3/c1-19-15-23(8-9-24(19)31-11-2-13-34-14-12-32-25(34)16-35)36-17-22-18-37-26(33-22)10-5-20-3-6-21(7-4-20)27(28,29)30/h3-10,12,14-15,18,31,35H,2,11,13,16-17H2,1H3/b10-5+. The third kappa shape index (κ3) is 7.23. The summed E-state index contributed by atoms with van der Waals surface area (Å²) in [5, 5.41) is 12.7. The number of aliphatic hydroxyl groups is 1. The first kappa shape index (κ1) is 26.0. The number of halogens is 3. The van der Waals surface area contributed by atoms with E-state index in [2.05, 4.69) is 15.3 Å². The van der Waals surface area contributed by atoms with Crippen LogP contribution in [0.4, 0.5) is 18.9 Å². The van der Waals surface area contributed by atoms with Gasteiger partial charge in [0.2, 0.25) is 5.89 Å². The van der Waals surface area contributed by atoms with E-state index in [4.69, 9.17) is 9.15 Å². The average molecular weight is 513 g/mol. The molecule has 0 saturated carbocycles. The van der Waals surface area contributed by atoms with Crippen molar-refractivity contribution < 1.29 is 27.4 Å². The first-order chi connectivity index (χ1) is 17.8. The number of aromatic nitrogens is 3. The smallest absolute Gasteiger partial charge is 0.416 e. The van der Waals surface area contributed by atoms with Crippen LogP contribution in [0.3, 0.4) is 0 Å². The lowest BCUT2D eigenvalue weighted by molar-refractivity contribution is -0.137. The zero-order valence-corrected chi connectivity index (χ0v) is 20.2. The number of rotatable bonds is 11. The second-order valence-electron chi connectivity index (χ2n) is 8.37. The van der Waals surface area contributed by atoms with E-state index in [-0.39, 0.29) is 13.2 Å². The van der Waals surface area contributed by atoms with Crippen LogP contribution < -0.4 is 10.1 Å². The summed E-state index contributed by atoms with van der Waals surface area (Å²) in [5.74, 6) is 1.68. The molecule has 0 unspecified atom stereocenters. The maximum absolute atomic E-state index is 12.7. The molecule has 0 spiro atoms. The summed E-state index contributed by atoms with van der Waals surface area (Å²) in [5.41, 5.74) is 2.55. The number of anilines is 1. The fraction of sp³-hybridized carbons (Fsp3) is 0.259. The Morgan fingerprint density at radius 2 is 1.95 bits per heavy atom. The van der Waals surface area contributed by atoms with Gasteiger partial charge in [-0.1, -0.05) is 12.1 Å². The molecule has 0 saturated heterocycles. The largest absolute Gasteiger partial charge is 0.487 e. The lowest BCUT2D eigenvalue weighted by Crippen LogP contribution is -2.09. The van der Waals surface area contributed by atoms with Gasteiger partial charge in [-0.05, 0) is 60.9 Å². The van der Waals surface area contributed by atoms with E-state index < -0.39 is 11.7 Å². The number of nitrogens with zero attached hydrogens (tertiary/aromatic N) is 3. The van der Waals surface area contributed by atoms with Crippen molar-refractivity contribution in [2.75, 3.05) is 11.9 Å². The Kier molecular flexibility index (Phi) is 8.29. The number of nitrogens with one attached hydrogen (secondary N) is 1. The van der Waals surface area contributed by atoms with Gasteiger partial charge in [-0.2, -0.15) is 13.2 Å². The van der Waals surface area contributed by atoms with Gasteiger partial charge in [-0.25, -0.2) is 9.97 Å². The third-order valence-electron chi connectivity index (χ3n) is 5.64. The van der Waals surface area contributed by atoms with Crippen LogP contribution >= 0.6 is 0 Å². The van der Waals surface area contributed by atoms with Crippen molar-refractivity contribution >= 4 is 17.8 Å². The molecule has 0 amide bonds. The van der Waals surface area contributed by atoms with E-state index in [1.54, 1.807) is 18.3 Å². The fourth-order valence-electron chi connectivity index (χ4n) is 3.67. The number of aryl methyl sites for hydroxylation is 2. The van der Waals surface area contributed by atoms with Crippen molar-refractivity contribution in [1.29, 1.82) is 0 Å². The summed E-state index contributed by atoms with van der Waals surface area (Å²) in [6, 6.07) is 10.6. The molecular weight excluding hydrogens is 485 g/mol. The molecule has 0 radical (unpaired) electrons. The molecular formula is C27H27F3N4O3. The molecule has 0 atom stereocenters. The van der Waals surface area contributed by atoms with E-state index >= 15 is 0 Å². The molecule has 0 bridgehead atoms. The van der Waals surface area contributed by atoms with Gasteiger partial charge >= 0.3 is 6.18 Å². The topological polar surface area (TPSA) is 85.3 Å². The zero-order chi connectivity index (χ0) is 26.3. The Bertz CT molecular complexity index is 1330. The number of hydrogen-bond acceptors (Lipinski definition) is 6. The second-order valence-corrected chi connectivity index (χ2v) is 8.37. The molecule has 10 heteroatoms. The lowest BCUT2D eigenvalue weighted by atomic mass is 10.1. The molecule has 37 heavy (non-hydrogen) atoms. The minimum atomic E-state index is -4.36. The van der Waals surface area contributed by atoms with E-state index in [0.717, 1.165) is 42.9 Å². The molecule has 2 aromatic carbocycles. The maximum atomic E-state index is 12.7. The average Bonchev–Trinajstić information content (AvgIpc) is 3.54. The predicted octanol–water partition coefficient (Wildman–Crippen LogP) is 5.94. The molecule has 0 fully saturated rings. The minimum absolute atomic E-state index is 0.0733. The number of benzene rings is 2. The summed E-state index contributed by atoms with van der Waals surface area (Å²) in [6.45, 7) is 3.67. The highest BCUT2D eigenvalue weighted by Gasteiger charge is 2.29. The monoisotopic (exact) mass is 512 g/mol. The van der Waals surface area contributed by atoms with Gasteiger partial charge in [0.05, 0.1) is 5.56 Å². The molecule has 4 rings (SSSR count). The highest BCUT2D eigenvalue weighted by atomic mass is 19.4. The molecule has 0 aliphatic heterocycles. The highest BCUT2D eigenvalue weighted by molar-refractivity contribution is 5.66. The third-order valence-corrected chi connectivity index (χ3v) is 5.64. The van der Waals surface area contributed by atoms with Gasteiger partial charge < -0.3 is 24.1 Å². The Balaban J connectivity index is 1.24. The minimum Gasteiger partial charge on any atom is -0.487 e. The van der Waals surface area contributed by atoms with Crippen LogP contribution in [0, 0.1) is 6.92 Å². The summed E-state index contributed by atoms with van der Waals surface area (Å²) in [6.07, 6.45) is 4.77. The van der Waals surface area contributed by atoms with Crippen molar-refractivity contribution in [3.63, 3.8) is 0 Å². The molecule has 4 aromatic rings. The predicted molar refractivity (Wildman–Crippen MR) is 134 cm³/mol. The molecule has 7 nitrogen and oxygen atoms in total. The van der Waals surface area contributed by atoms with Crippen molar-refractivity contribution in [2.45, 2.75) is 39.3 Å². The molecule has 0 aliphatic rings. The van der Waals surface area contributed by atoms with Crippen LogP contribution in [0.15, 0.2) is 65.5 Å². The summed E-state index contributed by atoms with van der Waals surface area (Å²) in [4.78, 5) is 8.43.